The molecule has 7 nitrogen and oxygen atoms in total. The minimum absolute atomic E-state index is 0.205. The van der Waals surface area contributed by atoms with Crippen LogP contribution in [0.5, 0.6) is 5.75 Å². The molecule has 2 N–H and O–H groups in total. The van der Waals surface area contributed by atoms with Crippen LogP contribution in [-0.4, -0.2) is 31.3 Å². The number of hydrogen-bond donors (Lipinski definition) is 2. The fourth-order valence-corrected chi connectivity index (χ4v) is 3.18. The van der Waals surface area contributed by atoms with Crippen LogP contribution >= 0.6 is 23.4 Å². The molecule has 0 atom stereocenters. The summed E-state index contributed by atoms with van der Waals surface area (Å²) in [4.78, 5) is 24.7. The summed E-state index contributed by atoms with van der Waals surface area (Å²) in [5, 5.41) is 7.25. The van der Waals surface area contributed by atoms with Crippen LogP contribution in [0.2, 0.25) is 5.02 Å². The van der Waals surface area contributed by atoms with Gasteiger partial charge in [-0.15, -0.1) is 11.8 Å². The summed E-state index contributed by atoms with van der Waals surface area (Å²) in [5.74, 6) is 1.13. The molecular formula is C18H17ClN2O5S. The number of nitrogens with one attached hydrogen (secondary N) is 2. The Hall–Kier alpha value is -2.58. The Morgan fingerprint density at radius 1 is 1.33 bits per heavy atom. The Balaban J connectivity index is 1.75. The first-order valence-corrected chi connectivity index (χ1v) is 9.45. The maximum Gasteiger partial charge on any atom is 0.291 e. The van der Waals surface area contributed by atoms with E-state index in [1.807, 2.05) is 0 Å². The Morgan fingerprint density at radius 2 is 2.19 bits per heavy atom. The van der Waals surface area contributed by atoms with Crippen LogP contribution < -0.4 is 15.4 Å². The summed E-state index contributed by atoms with van der Waals surface area (Å²) >= 11 is 7.75. The van der Waals surface area contributed by atoms with Gasteiger partial charge in [0.25, 0.3) is 11.8 Å². The van der Waals surface area contributed by atoms with Gasteiger partial charge in [0.1, 0.15) is 11.5 Å². The van der Waals surface area contributed by atoms with Crippen molar-refractivity contribution in [3.63, 3.8) is 0 Å². The Morgan fingerprint density at radius 3 is 2.85 bits per heavy atom. The van der Waals surface area contributed by atoms with Crippen molar-refractivity contribution in [2.75, 3.05) is 24.8 Å². The summed E-state index contributed by atoms with van der Waals surface area (Å²) in [6, 6.07) is 6.43. The Bertz CT molecular complexity index is 867. The summed E-state index contributed by atoms with van der Waals surface area (Å²) in [7, 11) is 1.43. The molecule has 2 aromatic rings. The van der Waals surface area contributed by atoms with Crippen molar-refractivity contribution in [3.8, 4) is 5.75 Å². The number of thioether (sulfide) groups is 1. The van der Waals surface area contributed by atoms with Crippen molar-refractivity contribution in [3.05, 3.63) is 58.0 Å². The second-order valence-electron chi connectivity index (χ2n) is 5.45. The minimum Gasteiger partial charge on any atom is -0.496 e. The summed E-state index contributed by atoms with van der Waals surface area (Å²) < 4.78 is 15.8. The third-order valence-electron chi connectivity index (χ3n) is 3.66. The van der Waals surface area contributed by atoms with E-state index in [0.717, 1.165) is 5.75 Å². The molecule has 1 aliphatic rings. The normalized spacial score (nSPS) is 13.3. The molecule has 0 radical (unpaired) electrons. The molecule has 1 aliphatic heterocycles. The lowest BCUT2D eigenvalue weighted by molar-refractivity contribution is -0.116. The van der Waals surface area contributed by atoms with E-state index in [2.05, 4.69) is 10.6 Å². The van der Waals surface area contributed by atoms with Crippen molar-refractivity contribution in [2.24, 2.45) is 0 Å². The average molecular weight is 409 g/mol. The molecule has 1 aromatic heterocycles. The molecule has 0 fully saturated rings. The predicted molar refractivity (Wildman–Crippen MR) is 103 cm³/mol. The molecule has 2 amide bonds. The minimum atomic E-state index is -0.416. The topological polar surface area (TPSA) is 89.8 Å². The van der Waals surface area contributed by atoms with Gasteiger partial charge in [0.2, 0.25) is 0 Å². The van der Waals surface area contributed by atoms with Crippen molar-refractivity contribution in [2.45, 2.75) is 6.54 Å². The van der Waals surface area contributed by atoms with Crippen molar-refractivity contribution in [1.82, 2.24) is 5.32 Å². The molecule has 0 spiro atoms. The number of halogens is 1. The van der Waals surface area contributed by atoms with Crippen LogP contribution in [0.1, 0.15) is 16.1 Å². The highest BCUT2D eigenvalue weighted by Crippen LogP contribution is 2.31. The fraction of sp³-hybridized carbons (Fsp3) is 0.222. The molecule has 27 heavy (non-hydrogen) atoms. The van der Waals surface area contributed by atoms with Gasteiger partial charge in [-0.3, -0.25) is 9.59 Å². The third kappa shape index (κ3) is 4.78. The summed E-state index contributed by atoms with van der Waals surface area (Å²) in [5.41, 5.74) is 0.567. The largest absolute Gasteiger partial charge is 0.496 e. The first-order valence-electron chi connectivity index (χ1n) is 8.02. The number of carbonyl (C=O) groups is 2. The van der Waals surface area contributed by atoms with E-state index < -0.39 is 5.91 Å². The van der Waals surface area contributed by atoms with Gasteiger partial charge < -0.3 is 24.5 Å². The molecular weight excluding hydrogens is 392 g/mol. The second-order valence-corrected chi connectivity index (χ2v) is 6.83. The number of carbonyl (C=O) groups excluding carboxylic acids is 2. The molecule has 3 rings (SSSR count). The van der Waals surface area contributed by atoms with Gasteiger partial charge in [0.15, 0.2) is 5.76 Å². The third-order valence-corrected chi connectivity index (χ3v) is 4.75. The maximum atomic E-state index is 12.4. The van der Waals surface area contributed by atoms with Crippen molar-refractivity contribution < 1.29 is 23.5 Å². The van der Waals surface area contributed by atoms with Gasteiger partial charge >= 0.3 is 0 Å². The lowest BCUT2D eigenvalue weighted by Gasteiger charge is -2.16. The van der Waals surface area contributed by atoms with E-state index >= 15 is 0 Å². The lowest BCUT2D eigenvalue weighted by Crippen LogP contribution is -2.23. The molecule has 0 unspecified atom stereocenters. The van der Waals surface area contributed by atoms with Gasteiger partial charge in [-0.2, -0.15) is 0 Å². The lowest BCUT2D eigenvalue weighted by atomic mass is 10.1. The standard InChI is InChI=1S/C18H17ClN2O5S/c1-24-15-8-14(21-18(23)16-10-27-6-5-26-16)13(19)7-12(15)17(22)20-9-11-3-2-4-25-11/h2-4,7-8,10H,5-6,9H2,1H3,(H,20,22)(H,21,23). The molecule has 2 heterocycles. The predicted octanol–water partition coefficient (Wildman–Crippen LogP) is 3.41. The number of benzene rings is 1. The van der Waals surface area contributed by atoms with E-state index in [-0.39, 0.29) is 34.5 Å². The molecule has 9 heteroatoms. The highest BCUT2D eigenvalue weighted by molar-refractivity contribution is 8.02. The van der Waals surface area contributed by atoms with E-state index in [0.29, 0.717) is 18.1 Å². The zero-order chi connectivity index (χ0) is 19.2. The van der Waals surface area contributed by atoms with Gasteiger partial charge in [-0.1, -0.05) is 11.6 Å². The number of rotatable bonds is 6. The zero-order valence-corrected chi connectivity index (χ0v) is 16.0. The molecule has 0 bridgehead atoms. The van der Waals surface area contributed by atoms with Crippen LogP contribution in [0.25, 0.3) is 0 Å². The van der Waals surface area contributed by atoms with Crippen LogP contribution in [0.15, 0.2) is 46.1 Å². The number of ether oxygens (including phenoxy) is 2. The van der Waals surface area contributed by atoms with E-state index in [9.17, 15) is 9.59 Å². The summed E-state index contributed by atoms with van der Waals surface area (Å²) in [6.07, 6.45) is 1.53. The Labute approximate surface area is 165 Å². The SMILES string of the molecule is COc1cc(NC(=O)C2=CSCCO2)c(Cl)cc1C(=O)NCc1ccco1. The van der Waals surface area contributed by atoms with E-state index in [1.54, 1.807) is 17.5 Å². The van der Waals surface area contributed by atoms with Gasteiger partial charge in [0, 0.05) is 17.2 Å². The molecule has 0 saturated heterocycles. The average Bonchev–Trinajstić information content (AvgIpc) is 3.21. The van der Waals surface area contributed by atoms with E-state index in [1.165, 1.54) is 37.3 Å². The van der Waals surface area contributed by atoms with Gasteiger partial charge in [-0.25, -0.2) is 0 Å². The molecule has 1 aromatic carbocycles. The van der Waals surface area contributed by atoms with Crippen molar-refractivity contribution in [1.29, 1.82) is 0 Å². The first-order chi connectivity index (χ1) is 13.1. The van der Waals surface area contributed by atoms with Crippen LogP contribution in [0.3, 0.4) is 0 Å². The number of anilines is 1. The number of hydrogen-bond acceptors (Lipinski definition) is 6. The molecule has 0 saturated carbocycles. The van der Waals surface area contributed by atoms with Crippen LogP contribution in [0, 0.1) is 0 Å². The smallest absolute Gasteiger partial charge is 0.291 e. The molecule has 142 valence electrons. The Kier molecular flexibility index (Phi) is 6.31. The second kappa shape index (κ2) is 8.88. The number of amides is 2. The van der Waals surface area contributed by atoms with Crippen LogP contribution in [-0.2, 0) is 16.1 Å². The van der Waals surface area contributed by atoms with E-state index in [4.69, 9.17) is 25.5 Å². The fourth-order valence-electron chi connectivity index (χ4n) is 2.34. The zero-order valence-electron chi connectivity index (χ0n) is 14.4. The highest BCUT2D eigenvalue weighted by atomic mass is 35.5. The number of furan rings is 1. The molecule has 0 aliphatic carbocycles. The highest BCUT2D eigenvalue weighted by Gasteiger charge is 2.20. The first kappa shape index (κ1) is 19.2. The van der Waals surface area contributed by atoms with Gasteiger partial charge in [0.05, 0.1) is 42.8 Å². The van der Waals surface area contributed by atoms with Gasteiger partial charge in [-0.05, 0) is 18.2 Å². The number of methoxy groups -OCH3 is 1. The quantitative estimate of drug-likeness (QED) is 0.761. The monoisotopic (exact) mass is 408 g/mol. The summed E-state index contributed by atoms with van der Waals surface area (Å²) in [6.45, 7) is 0.698. The maximum absolute atomic E-state index is 12.4. The van der Waals surface area contributed by atoms with Crippen LogP contribution in [0.4, 0.5) is 5.69 Å². The van der Waals surface area contributed by atoms with Crippen molar-refractivity contribution >= 4 is 40.9 Å².